The Morgan fingerprint density at radius 2 is 2.08 bits per heavy atom. The van der Waals surface area contributed by atoms with Crippen molar-refractivity contribution in [3.8, 4) is 5.75 Å². The third-order valence-electron chi connectivity index (χ3n) is 3.05. The van der Waals surface area contributed by atoms with Crippen molar-refractivity contribution in [2.75, 3.05) is 25.6 Å². The number of hydrogen-bond acceptors (Lipinski definition) is 4. The molecule has 134 valence electrons. The van der Waals surface area contributed by atoms with Crippen molar-refractivity contribution in [3.05, 3.63) is 52.2 Å². The first-order chi connectivity index (χ1) is 11.9. The van der Waals surface area contributed by atoms with Crippen molar-refractivity contribution >= 4 is 29.0 Å². The summed E-state index contributed by atoms with van der Waals surface area (Å²) >= 11 is 1.44. The minimum Gasteiger partial charge on any atom is -0.489 e. The minimum atomic E-state index is -4.52. The first-order valence-corrected chi connectivity index (χ1v) is 8.13. The first-order valence-electron chi connectivity index (χ1n) is 7.25. The van der Waals surface area contributed by atoms with E-state index in [-0.39, 0.29) is 24.7 Å². The summed E-state index contributed by atoms with van der Waals surface area (Å²) in [5.74, 6) is -0.410. The van der Waals surface area contributed by atoms with Gasteiger partial charge in [0.05, 0.1) is 17.9 Å². The Kier molecular flexibility index (Phi) is 6.60. The second-order valence-corrected chi connectivity index (χ2v) is 5.87. The molecule has 0 unspecified atom stereocenters. The molecule has 4 nitrogen and oxygen atoms in total. The Balaban J connectivity index is 2.17. The van der Waals surface area contributed by atoms with Gasteiger partial charge in [0.15, 0.2) is 0 Å². The summed E-state index contributed by atoms with van der Waals surface area (Å²) in [5.41, 5.74) is -0.920. The van der Waals surface area contributed by atoms with Crippen molar-refractivity contribution in [3.63, 3.8) is 0 Å². The van der Waals surface area contributed by atoms with Crippen molar-refractivity contribution < 1.29 is 27.4 Å². The Labute approximate surface area is 146 Å². The van der Waals surface area contributed by atoms with E-state index < -0.39 is 17.6 Å². The molecule has 0 radical (unpaired) electrons. The van der Waals surface area contributed by atoms with E-state index >= 15 is 0 Å². The summed E-state index contributed by atoms with van der Waals surface area (Å²) < 4.78 is 48.9. The van der Waals surface area contributed by atoms with Crippen LogP contribution in [0.1, 0.15) is 10.4 Å². The number of methoxy groups -OCH3 is 1. The summed E-state index contributed by atoms with van der Waals surface area (Å²) in [7, 11) is 1.48. The number of halogens is 3. The highest BCUT2D eigenvalue weighted by Crippen LogP contribution is 2.35. The molecule has 0 bridgehead atoms. The average Bonchev–Trinajstić information content (AvgIpc) is 3.07. The maximum absolute atomic E-state index is 12.9. The predicted octanol–water partition coefficient (Wildman–Crippen LogP) is 4.44. The van der Waals surface area contributed by atoms with Gasteiger partial charge in [0.1, 0.15) is 12.4 Å². The van der Waals surface area contributed by atoms with E-state index in [0.29, 0.717) is 0 Å². The smallest absolute Gasteiger partial charge is 0.416 e. The molecule has 1 aromatic carbocycles. The highest BCUT2D eigenvalue weighted by molar-refractivity contribution is 7.10. The van der Waals surface area contributed by atoms with Gasteiger partial charge in [0, 0.05) is 18.1 Å². The molecule has 1 N–H and O–H groups in total. The van der Waals surface area contributed by atoms with E-state index in [2.05, 4.69) is 5.32 Å². The van der Waals surface area contributed by atoms with Crippen LogP contribution in [0.3, 0.4) is 0 Å². The van der Waals surface area contributed by atoms with Gasteiger partial charge in [-0.2, -0.15) is 13.2 Å². The number of anilines is 1. The average molecular weight is 371 g/mol. The molecule has 1 amide bonds. The van der Waals surface area contributed by atoms with Crippen molar-refractivity contribution in [2.45, 2.75) is 6.18 Å². The lowest BCUT2D eigenvalue weighted by Crippen LogP contribution is -2.13. The quantitative estimate of drug-likeness (QED) is 0.578. The molecule has 1 heterocycles. The molecule has 25 heavy (non-hydrogen) atoms. The highest BCUT2D eigenvalue weighted by Gasteiger charge is 2.31. The number of carbonyl (C=O) groups is 1. The summed E-state index contributed by atoms with van der Waals surface area (Å²) in [5, 5.41) is 4.28. The predicted molar refractivity (Wildman–Crippen MR) is 90.8 cm³/mol. The molecule has 0 saturated carbocycles. The van der Waals surface area contributed by atoms with Crippen LogP contribution in [0, 0.1) is 0 Å². The minimum absolute atomic E-state index is 0.0493. The second-order valence-electron chi connectivity index (χ2n) is 4.89. The zero-order valence-corrected chi connectivity index (χ0v) is 14.1. The number of nitrogens with one attached hydrogen (secondary N) is 1. The molecule has 0 atom stereocenters. The number of ether oxygens (including phenoxy) is 2. The highest BCUT2D eigenvalue weighted by atomic mass is 32.1. The molecule has 1 aromatic heterocycles. The lowest BCUT2D eigenvalue weighted by molar-refractivity contribution is -0.137. The number of carbonyl (C=O) groups excluding carboxylic acids is 1. The number of hydrogen-bond donors (Lipinski definition) is 1. The first kappa shape index (κ1) is 19.0. The fraction of sp³-hybridized carbons (Fsp3) is 0.235. The standard InChI is InChI=1S/C17H16F3NO3S/c1-23-8-9-24-15-6-4-12(17(18,19)20)11-14(15)21-16(22)7-5-13-3-2-10-25-13/h2-7,10-11H,8-9H2,1H3,(H,21,22)/b7-5+. The van der Waals surface area contributed by atoms with E-state index in [4.69, 9.17) is 9.47 Å². The van der Waals surface area contributed by atoms with Gasteiger partial charge in [0.25, 0.3) is 0 Å². The summed E-state index contributed by atoms with van der Waals surface area (Å²) in [6, 6.07) is 6.57. The molecule has 0 saturated heterocycles. The molecule has 2 rings (SSSR count). The lowest BCUT2D eigenvalue weighted by atomic mass is 10.1. The van der Waals surface area contributed by atoms with E-state index in [1.807, 2.05) is 17.5 Å². The molecule has 0 aliphatic heterocycles. The van der Waals surface area contributed by atoms with Crippen LogP contribution in [0.2, 0.25) is 0 Å². The Hall–Kier alpha value is -2.32. The molecule has 8 heteroatoms. The van der Waals surface area contributed by atoms with Crippen LogP contribution in [0.15, 0.2) is 41.8 Å². The van der Waals surface area contributed by atoms with E-state index in [9.17, 15) is 18.0 Å². The number of alkyl halides is 3. The van der Waals surface area contributed by atoms with Crippen molar-refractivity contribution in [1.29, 1.82) is 0 Å². The molecule has 0 aliphatic rings. The van der Waals surface area contributed by atoms with Gasteiger partial charge >= 0.3 is 6.18 Å². The molecular weight excluding hydrogens is 355 g/mol. The Morgan fingerprint density at radius 3 is 2.72 bits per heavy atom. The number of benzene rings is 1. The van der Waals surface area contributed by atoms with Gasteiger partial charge in [-0.15, -0.1) is 11.3 Å². The number of amides is 1. The normalized spacial score (nSPS) is 11.7. The molecule has 0 fully saturated rings. The topological polar surface area (TPSA) is 47.6 Å². The third kappa shape index (κ3) is 5.91. The van der Waals surface area contributed by atoms with E-state index in [1.54, 1.807) is 6.08 Å². The van der Waals surface area contributed by atoms with Crippen molar-refractivity contribution in [1.82, 2.24) is 0 Å². The molecule has 0 aliphatic carbocycles. The lowest BCUT2D eigenvalue weighted by Gasteiger charge is -2.14. The fourth-order valence-corrected chi connectivity index (χ4v) is 2.50. The molecule has 0 spiro atoms. The maximum atomic E-state index is 12.9. The fourth-order valence-electron chi connectivity index (χ4n) is 1.88. The van der Waals surface area contributed by atoms with Gasteiger partial charge in [-0.25, -0.2) is 0 Å². The van der Waals surface area contributed by atoms with Gasteiger partial charge in [-0.1, -0.05) is 6.07 Å². The van der Waals surface area contributed by atoms with Crippen molar-refractivity contribution in [2.24, 2.45) is 0 Å². The second kappa shape index (κ2) is 8.68. The molecule has 2 aromatic rings. The summed E-state index contributed by atoms with van der Waals surface area (Å²) in [6.45, 7) is 0.419. The summed E-state index contributed by atoms with van der Waals surface area (Å²) in [6.07, 6.45) is -1.68. The van der Waals surface area contributed by atoms with Gasteiger partial charge in [-0.05, 0) is 35.7 Å². The van der Waals surface area contributed by atoms with E-state index in [0.717, 1.165) is 17.0 Å². The van der Waals surface area contributed by atoms with Crippen LogP contribution in [-0.2, 0) is 15.7 Å². The van der Waals surface area contributed by atoms with E-state index in [1.165, 1.54) is 30.6 Å². The Morgan fingerprint density at radius 1 is 1.28 bits per heavy atom. The third-order valence-corrected chi connectivity index (χ3v) is 3.89. The largest absolute Gasteiger partial charge is 0.489 e. The maximum Gasteiger partial charge on any atom is 0.416 e. The van der Waals surface area contributed by atoms with Crippen LogP contribution in [0.4, 0.5) is 18.9 Å². The monoisotopic (exact) mass is 371 g/mol. The number of rotatable bonds is 7. The van der Waals surface area contributed by atoms with Crippen LogP contribution < -0.4 is 10.1 Å². The zero-order chi connectivity index (χ0) is 18.3. The van der Waals surface area contributed by atoms with Gasteiger partial charge in [-0.3, -0.25) is 4.79 Å². The number of thiophene rings is 1. The Bertz CT molecular complexity index is 727. The van der Waals surface area contributed by atoms with Crippen LogP contribution in [0.5, 0.6) is 5.75 Å². The van der Waals surface area contributed by atoms with Crippen LogP contribution in [0.25, 0.3) is 6.08 Å². The SMILES string of the molecule is COCCOc1ccc(C(F)(F)F)cc1NC(=O)/C=C/c1cccs1. The van der Waals surface area contributed by atoms with Crippen LogP contribution >= 0.6 is 11.3 Å². The summed E-state index contributed by atoms with van der Waals surface area (Å²) in [4.78, 5) is 12.9. The van der Waals surface area contributed by atoms with Gasteiger partial charge < -0.3 is 14.8 Å². The molecular formula is C17H16F3NO3S. The van der Waals surface area contributed by atoms with Crippen LogP contribution in [-0.4, -0.2) is 26.2 Å². The van der Waals surface area contributed by atoms with Gasteiger partial charge in [0.2, 0.25) is 5.91 Å². The zero-order valence-electron chi connectivity index (χ0n) is 13.3.